The molecule has 0 fully saturated rings. The van der Waals surface area contributed by atoms with Crippen LogP contribution in [0.2, 0.25) is 0 Å². The van der Waals surface area contributed by atoms with Gasteiger partial charge in [0.25, 0.3) is 5.91 Å². The summed E-state index contributed by atoms with van der Waals surface area (Å²) in [7, 11) is 0. The molecule has 0 spiro atoms. The Morgan fingerprint density at radius 3 is 3.00 bits per heavy atom. The summed E-state index contributed by atoms with van der Waals surface area (Å²) >= 11 is 0. The molecule has 4 rings (SSSR count). The van der Waals surface area contributed by atoms with Crippen molar-refractivity contribution in [3.8, 4) is 5.75 Å². The minimum absolute atomic E-state index is 0.00476. The molecule has 0 N–H and O–H groups in total. The molecule has 0 aromatic carbocycles. The molecule has 0 saturated heterocycles. The van der Waals surface area contributed by atoms with Gasteiger partial charge in [-0.25, -0.2) is 0 Å². The summed E-state index contributed by atoms with van der Waals surface area (Å²) in [6.45, 7) is 3.49. The zero-order valence-electron chi connectivity index (χ0n) is 14.4. The van der Waals surface area contributed by atoms with Crippen LogP contribution in [0.25, 0.3) is 0 Å². The lowest BCUT2D eigenvalue weighted by atomic mass is 10.2. The average molecular weight is 353 g/mol. The van der Waals surface area contributed by atoms with E-state index in [2.05, 4.69) is 15.2 Å². The number of carbonyl (C=O) groups excluding carboxylic acids is 1. The van der Waals surface area contributed by atoms with Crippen LogP contribution in [0.4, 0.5) is 0 Å². The maximum Gasteiger partial charge on any atom is 0.289 e. The molecule has 0 aliphatic carbocycles. The first-order valence-corrected chi connectivity index (χ1v) is 8.50. The van der Waals surface area contributed by atoms with Crippen LogP contribution in [0.3, 0.4) is 0 Å². The van der Waals surface area contributed by atoms with Gasteiger partial charge in [-0.15, -0.1) is 10.2 Å². The zero-order chi connectivity index (χ0) is 17.9. The Labute approximate surface area is 150 Å². The van der Waals surface area contributed by atoms with Crippen molar-refractivity contribution in [3.05, 3.63) is 60.3 Å². The summed E-state index contributed by atoms with van der Waals surface area (Å²) in [5.74, 6) is 2.53. The maximum absolute atomic E-state index is 12.6. The Balaban J connectivity index is 1.48. The fourth-order valence-corrected chi connectivity index (χ4v) is 3.11. The summed E-state index contributed by atoms with van der Waals surface area (Å²) in [5, 5.41) is 8.55. The van der Waals surface area contributed by atoms with Crippen molar-refractivity contribution in [2.45, 2.75) is 32.5 Å². The van der Waals surface area contributed by atoms with Crippen molar-refractivity contribution in [3.63, 3.8) is 0 Å². The highest BCUT2D eigenvalue weighted by molar-refractivity contribution is 5.91. The van der Waals surface area contributed by atoms with Crippen LogP contribution in [0.5, 0.6) is 5.75 Å². The van der Waals surface area contributed by atoms with E-state index in [1.165, 1.54) is 6.26 Å². The van der Waals surface area contributed by atoms with Crippen LogP contribution in [0, 0.1) is 0 Å². The predicted octanol–water partition coefficient (Wildman–Crippen LogP) is 1.93. The van der Waals surface area contributed by atoms with Crippen LogP contribution in [-0.4, -0.2) is 43.1 Å². The smallest absolute Gasteiger partial charge is 0.289 e. The van der Waals surface area contributed by atoms with E-state index in [0.29, 0.717) is 37.6 Å². The van der Waals surface area contributed by atoms with Crippen LogP contribution in [0.15, 0.2) is 47.3 Å². The molecule has 0 saturated carbocycles. The number of nitrogens with zero attached hydrogens (tertiary/aromatic N) is 5. The Morgan fingerprint density at radius 1 is 1.31 bits per heavy atom. The highest BCUT2D eigenvalue weighted by atomic mass is 16.5. The van der Waals surface area contributed by atoms with Gasteiger partial charge in [-0.3, -0.25) is 9.78 Å². The van der Waals surface area contributed by atoms with Gasteiger partial charge in [-0.05, 0) is 31.2 Å². The number of ether oxygens (including phenoxy) is 1. The first-order valence-electron chi connectivity index (χ1n) is 8.50. The monoisotopic (exact) mass is 353 g/mol. The molecule has 1 aliphatic rings. The lowest BCUT2D eigenvalue weighted by Crippen LogP contribution is -2.40. The van der Waals surface area contributed by atoms with E-state index in [1.807, 2.05) is 28.5 Å². The molecule has 26 heavy (non-hydrogen) atoms. The quantitative estimate of drug-likeness (QED) is 0.712. The predicted molar refractivity (Wildman–Crippen MR) is 91.5 cm³/mol. The summed E-state index contributed by atoms with van der Waals surface area (Å²) in [4.78, 5) is 18.5. The Kier molecular flexibility index (Phi) is 4.39. The van der Waals surface area contributed by atoms with Crippen LogP contribution < -0.4 is 4.74 Å². The molecule has 3 aromatic rings. The van der Waals surface area contributed by atoms with Crippen molar-refractivity contribution in [2.24, 2.45) is 0 Å². The number of fused-ring (bicyclic) bond motifs is 1. The third-order valence-electron chi connectivity index (χ3n) is 4.47. The minimum Gasteiger partial charge on any atom is -0.484 e. The second-order valence-corrected chi connectivity index (χ2v) is 6.19. The molecular formula is C18H19N5O3. The van der Waals surface area contributed by atoms with Gasteiger partial charge < -0.3 is 18.6 Å². The normalized spacial score (nSPS) is 16.8. The van der Waals surface area contributed by atoms with E-state index in [4.69, 9.17) is 9.15 Å². The Bertz CT molecular complexity index is 876. The molecular weight excluding hydrogens is 334 g/mol. The van der Waals surface area contributed by atoms with Gasteiger partial charge in [0.1, 0.15) is 18.2 Å². The van der Waals surface area contributed by atoms with Crippen molar-refractivity contribution < 1.29 is 13.9 Å². The molecule has 134 valence electrons. The van der Waals surface area contributed by atoms with E-state index in [1.54, 1.807) is 24.5 Å². The third kappa shape index (κ3) is 3.17. The number of aromatic nitrogens is 4. The number of furan rings is 1. The van der Waals surface area contributed by atoms with Gasteiger partial charge in [-0.1, -0.05) is 0 Å². The van der Waals surface area contributed by atoms with Crippen molar-refractivity contribution >= 4 is 5.91 Å². The second-order valence-electron chi connectivity index (χ2n) is 6.19. The van der Waals surface area contributed by atoms with Gasteiger partial charge in [0, 0.05) is 31.7 Å². The van der Waals surface area contributed by atoms with Crippen LogP contribution >= 0.6 is 0 Å². The zero-order valence-corrected chi connectivity index (χ0v) is 14.4. The van der Waals surface area contributed by atoms with Crippen LogP contribution in [0.1, 0.15) is 29.1 Å². The molecule has 0 radical (unpaired) electrons. The van der Waals surface area contributed by atoms with Crippen molar-refractivity contribution in [1.82, 2.24) is 24.6 Å². The molecule has 0 bridgehead atoms. The lowest BCUT2D eigenvalue weighted by Gasteiger charge is -2.25. The molecule has 8 heteroatoms. The summed E-state index contributed by atoms with van der Waals surface area (Å²) in [6.07, 6.45) is 5.50. The van der Waals surface area contributed by atoms with E-state index in [9.17, 15) is 4.79 Å². The Hall–Kier alpha value is -3.16. The van der Waals surface area contributed by atoms with Gasteiger partial charge in [0.2, 0.25) is 0 Å². The van der Waals surface area contributed by atoms with Crippen molar-refractivity contribution in [1.29, 1.82) is 0 Å². The van der Waals surface area contributed by atoms with Gasteiger partial charge in [0.15, 0.2) is 11.6 Å². The third-order valence-corrected chi connectivity index (χ3v) is 4.47. The number of hydrogen-bond donors (Lipinski definition) is 0. The molecule has 8 nitrogen and oxygen atoms in total. The van der Waals surface area contributed by atoms with Crippen molar-refractivity contribution in [2.75, 3.05) is 6.54 Å². The SMILES string of the molecule is C[C@H]1Cc2nnc(COc3cccnc3)n2CCN1C(=O)c1ccco1. The van der Waals surface area contributed by atoms with E-state index >= 15 is 0 Å². The van der Waals surface area contributed by atoms with E-state index < -0.39 is 0 Å². The standard InChI is InChI=1S/C18H19N5O3/c1-13-10-16-20-21-17(12-26-14-4-2-6-19-11-14)23(16)8-7-22(13)18(24)15-5-3-9-25-15/h2-6,9,11,13H,7-8,10,12H2,1H3/t13-/m0/s1. The van der Waals surface area contributed by atoms with Crippen LogP contribution in [-0.2, 0) is 19.6 Å². The number of amides is 1. The summed E-state index contributed by atoms with van der Waals surface area (Å²) in [6, 6.07) is 7.08. The van der Waals surface area contributed by atoms with E-state index in [-0.39, 0.29) is 11.9 Å². The Morgan fingerprint density at radius 2 is 2.23 bits per heavy atom. The summed E-state index contributed by atoms with van der Waals surface area (Å²) in [5.41, 5.74) is 0. The largest absolute Gasteiger partial charge is 0.484 e. The van der Waals surface area contributed by atoms with Gasteiger partial charge in [-0.2, -0.15) is 0 Å². The average Bonchev–Trinajstić information content (AvgIpc) is 3.28. The minimum atomic E-state index is -0.102. The van der Waals surface area contributed by atoms with Gasteiger partial charge >= 0.3 is 0 Å². The number of pyridine rings is 1. The van der Waals surface area contributed by atoms with Gasteiger partial charge in [0.05, 0.1) is 12.5 Å². The molecule has 1 aliphatic heterocycles. The fourth-order valence-electron chi connectivity index (χ4n) is 3.11. The second kappa shape index (κ2) is 6.99. The topological polar surface area (TPSA) is 86.3 Å². The first-order chi connectivity index (χ1) is 12.7. The summed E-state index contributed by atoms with van der Waals surface area (Å²) < 4.78 is 13.0. The molecule has 0 unspecified atom stereocenters. The highest BCUT2D eigenvalue weighted by Gasteiger charge is 2.29. The maximum atomic E-state index is 12.6. The van der Waals surface area contributed by atoms with E-state index in [0.717, 1.165) is 11.6 Å². The highest BCUT2D eigenvalue weighted by Crippen LogP contribution is 2.18. The molecule has 1 amide bonds. The number of hydrogen-bond acceptors (Lipinski definition) is 6. The number of carbonyl (C=O) groups is 1. The number of rotatable bonds is 4. The fraction of sp³-hybridized carbons (Fsp3) is 0.333. The molecule has 3 aromatic heterocycles. The molecule has 1 atom stereocenters. The lowest BCUT2D eigenvalue weighted by molar-refractivity contribution is 0.0662. The first kappa shape index (κ1) is 16.3. The molecule has 4 heterocycles.